The van der Waals surface area contributed by atoms with Crippen molar-refractivity contribution in [3.8, 4) is 11.5 Å². The lowest BCUT2D eigenvalue weighted by molar-refractivity contribution is -0.116. The van der Waals surface area contributed by atoms with Crippen LogP contribution < -0.4 is 5.32 Å². The van der Waals surface area contributed by atoms with Crippen LogP contribution in [0.4, 0.5) is 10.1 Å². The Morgan fingerprint density at radius 1 is 0.812 bits per heavy atom. The van der Waals surface area contributed by atoms with E-state index in [-0.39, 0.29) is 11.7 Å². The molecular weight excluding hydrogens is 403 g/mol. The lowest BCUT2D eigenvalue weighted by Crippen LogP contribution is -2.22. The Morgan fingerprint density at radius 2 is 1.50 bits per heavy atom. The predicted molar refractivity (Wildman–Crippen MR) is 123 cm³/mol. The predicted octanol–water partition coefficient (Wildman–Crippen LogP) is 6.40. The number of anilines is 1. The molecule has 0 saturated carbocycles. The van der Waals surface area contributed by atoms with E-state index in [0.29, 0.717) is 28.2 Å². The lowest BCUT2D eigenvalue weighted by Gasteiger charge is -2.18. The van der Waals surface area contributed by atoms with Crippen LogP contribution in [0.5, 0.6) is 0 Å². The van der Waals surface area contributed by atoms with Crippen LogP contribution in [-0.4, -0.2) is 10.9 Å². The number of nitrogens with zero attached hydrogens (tertiary/aromatic N) is 1. The second-order valence-corrected chi connectivity index (χ2v) is 7.46. The molecule has 1 N–H and O–H groups in total. The van der Waals surface area contributed by atoms with Gasteiger partial charge in [0, 0.05) is 17.3 Å². The number of hydrogen-bond donors (Lipinski definition) is 1. The summed E-state index contributed by atoms with van der Waals surface area (Å²) in [5, 5.41) is 3.00. The number of carbonyl (C=O) groups excluding carboxylic acids is 1. The quantitative estimate of drug-likeness (QED) is 0.356. The molecule has 1 amide bonds. The van der Waals surface area contributed by atoms with Gasteiger partial charge in [-0.05, 0) is 41.5 Å². The summed E-state index contributed by atoms with van der Waals surface area (Å²) in [6.45, 7) is 0. The van der Waals surface area contributed by atoms with E-state index >= 15 is 0 Å². The molecule has 0 saturated heterocycles. The fourth-order valence-corrected chi connectivity index (χ4v) is 3.75. The number of fused-ring (bicyclic) bond motifs is 1. The van der Waals surface area contributed by atoms with Crippen molar-refractivity contribution in [1.82, 2.24) is 4.98 Å². The van der Waals surface area contributed by atoms with Gasteiger partial charge in [-0.1, -0.05) is 66.7 Å². The summed E-state index contributed by atoms with van der Waals surface area (Å²) in [6.07, 6.45) is 0. The zero-order valence-corrected chi connectivity index (χ0v) is 17.0. The topological polar surface area (TPSA) is 55.1 Å². The van der Waals surface area contributed by atoms with E-state index in [4.69, 9.17) is 4.42 Å². The molecule has 0 aliphatic rings. The molecule has 0 radical (unpaired) electrons. The Hall–Kier alpha value is -4.25. The molecule has 1 heterocycles. The Balaban J connectivity index is 1.45. The number of rotatable bonds is 5. The summed E-state index contributed by atoms with van der Waals surface area (Å²) in [4.78, 5) is 17.7. The van der Waals surface area contributed by atoms with E-state index in [9.17, 15) is 9.18 Å². The standard InChI is InChI=1S/C27H19FN2O2/c28-21-13-7-12-20(16-21)27-30-23-15-14-22(17-24(23)32-27)29-26(31)25(18-8-3-1-4-9-18)19-10-5-2-6-11-19/h1-17,25H,(H,29,31). The minimum Gasteiger partial charge on any atom is -0.436 e. The molecule has 156 valence electrons. The Bertz CT molecular complexity index is 1340. The maximum absolute atomic E-state index is 13.6. The first kappa shape index (κ1) is 19.7. The van der Waals surface area contributed by atoms with Crippen molar-refractivity contribution in [2.24, 2.45) is 0 Å². The zero-order valence-electron chi connectivity index (χ0n) is 17.0. The second kappa shape index (κ2) is 8.47. The van der Waals surface area contributed by atoms with E-state index in [2.05, 4.69) is 10.3 Å². The largest absolute Gasteiger partial charge is 0.436 e. The molecule has 4 aromatic carbocycles. The van der Waals surface area contributed by atoms with Crippen LogP contribution in [0.15, 0.2) is 108 Å². The molecule has 5 rings (SSSR count). The number of halogens is 1. The fourth-order valence-electron chi connectivity index (χ4n) is 3.75. The third-order valence-corrected chi connectivity index (χ3v) is 5.26. The average molecular weight is 422 g/mol. The first-order chi connectivity index (χ1) is 15.7. The third-order valence-electron chi connectivity index (χ3n) is 5.26. The molecule has 32 heavy (non-hydrogen) atoms. The first-order valence-electron chi connectivity index (χ1n) is 10.2. The highest BCUT2D eigenvalue weighted by molar-refractivity contribution is 5.99. The number of hydrogen-bond acceptors (Lipinski definition) is 3. The van der Waals surface area contributed by atoms with Gasteiger partial charge in [-0.25, -0.2) is 9.37 Å². The van der Waals surface area contributed by atoms with Crippen molar-refractivity contribution in [2.75, 3.05) is 5.32 Å². The van der Waals surface area contributed by atoms with Crippen molar-refractivity contribution >= 4 is 22.7 Å². The van der Waals surface area contributed by atoms with Gasteiger partial charge in [0.1, 0.15) is 11.3 Å². The molecule has 0 aliphatic heterocycles. The van der Waals surface area contributed by atoms with Gasteiger partial charge in [0.2, 0.25) is 11.8 Å². The fraction of sp³-hybridized carbons (Fsp3) is 0.0370. The van der Waals surface area contributed by atoms with Crippen molar-refractivity contribution in [2.45, 2.75) is 5.92 Å². The Morgan fingerprint density at radius 3 is 2.16 bits per heavy atom. The summed E-state index contributed by atoms with van der Waals surface area (Å²) < 4.78 is 19.4. The highest BCUT2D eigenvalue weighted by Gasteiger charge is 2.23. The van der Waals surface area contributed by atoms with Gasteiger partial charge >= 0.3 is 0 Å². The van der Waals surface area contributed by atoms with Gasteiger partial charge < -0.3 is 9.73 Å². The molecule has 0 spiro atoms. The third kappa shape index (κ3) is 4.01. The second-order valence-electron chi connectivity index (χ2n) is 7.46. The number of amides is 1. The van der Waals surface area contributed by atoms with Crippen molar-refractivity contribution < 1.29 is 13.6 Å². The van der Waals surface area contributed by atoms with Crippen molar-refractivity contribution in [3.05, 3.63) is 120 Å². The Labute approximate surface area is 184 Å². The summed E-state index contributed by atoms with van der Waals surface area (Å²) in [7, 11) is 0. The smallest absolute Gasteiger partial charge is 0.236 e. The maximum atomic E-state index is 13.6. The number of carbonyl (C=O) groups is 1. The van der Waals surface area contributed by atoms with Crippen LogP contribution in [0.25, 0.3) is 22.6 Å². The van der Waals surface area contributed by atoms with Crippen LogP contribution >= 0.6 is 0 Å². The molecule has 5 heteroatoms. The van der Waals surface area contributed by atoms with Gasteiger partial charge in [0.05, 0.1) is 5.92 Å². The molecule has 5 aromatic rings. The summed E-state index contributed by atoms with van der Waals surface area (Å²) in [5.74, 6) is -0.628. The van der Waals surface area contributed by atoms with E-state index in [1.807, 2.05) is 60.7 Å². The normalized spacial score (nSPS) is 11.1. The summed E-state index contributed by atoms with van der Waals surface area (Å²) >= 11 is 0. The van der Waals surface area contributed by atoms with Crippen LogP contribution in [0.2, 0.25) is 0 Å². The summed E-state index contributed by atoms with van der Waals surface area (Å²) in [5.41, 5.74) is 4.11. The van der Waals surface area contributed by atoms with Gasteiger partial charge in [-0.15, -0.1) is 0 Å². The van der Waals surface area contributed by atoms with Crippen LogP contribution in [0.1, 0.15) is 17.0 Å². The number of oxazole rings is 1. The molecule has 4 nitrogen and oxygen atoms in total. The van der Waals surface area contributed by atoms with E-state index < -0.39 is 5.92 Å². The van der Waals surface area contributed by atoms with Crippen LogP contribution in [0, 0.1) is 5.82 Å². The number of benzene rings is 4. The maximum Gasteiger partial charge on any atom is 0.236 e. The first-order valence-corrected chi connectivity index (χ1v) is 10.2. The number of nitrogens with one attached hydrogen (secondary N) is 1. The van der Waals surface area contributed by atoms with Gasteiger partial charge in [-0.2, -0.15) is 0 Å². The minimum atomic E-state index is -0.453. The Kier molecular flexibility index (Phi) is 5.22. The molecule has 0 bridgehead atoms. The molecule has 1 aromatic heterocycles. The molecule has 0 fully saturated rings. The van der Waals surface area contributed by atoms with E-state index in [1.165, 1.54) is 12.1 Å². The van der Waals surface area contributed by atoms with Crippen molar-refractivity contribution in [1.29, 1.82) is 0 Å². The average Bonchev–Trinajstić information content (AvgIpc) is 3.24. The van der Waals surface area contributed by atoms with Gasteiger partial charge in [0.15, 0.2) is 5.58 Å². The highest BCUT2D eigenvalue weighted by Crippen LogP contribution is 2.29. The molecule has 0 unspecified atom stereocenters. The van der Waals surface area contributed by atoms with E-state index in [1.54, 1.807) is 30.3 Å². The molecule has 0 atom stereocenters. The van der Waals surface area contributed by atoms with Crippen LogP contribution in [0.3, 0.4) is 0 Å². The lowest BCUT2D eigenvalue weighted by atomic mass is 9.90. The monoisotopic (exact) mass is 422 g/mol. The van der Waals surface area contributed by atoms with Crippen molar-refractivity contribution in [3.63, 3.8) is 0 Å². The highest BCUT2D eigenvalue weighted by atomic mass is 19.1. The minimum absolute atomic E-state index is 0.147. The summed E-state index contributed by atoms with van der Waals surface area (Å²) in [6, 6.07) is 30.7. The van der Waals surface area contributed by atoms with Crippen LogP contribution in [-0.2, 0) is 4.79 Å². The SMILES string of the molecule is O=C(Nc1ccc2nc(-c3cccc(F)c3)oc2c1)C(c1ccccc1)c1ccccc1. The van der Waals surface area contributed by atoms with Gasteiger partial charge in [0.25, 0.3) is 0 Å². The number of aromatic nitrogens is 1. The molecule has 0 aliphatic carbocycles. The van der Waals surface area contributed by atoms with E-state index in [0.717, 1.165) is 11.1 Å². The zero-order chi connectivity index (χ0) is 21.9. The molecular formula is C27H19FN2O2. The van der Waals surface area contributed by atoms with Gasteiger partial charge in [-0.3, -0.25) is 4.79 Å².